The Morgan fingerprint density at radius 1 is 1.38 bits per heavy atom. The number of likely N-dealkylation sites (tertiary alicyclic amines) is 1. The maximum absolute atomic E-state index is 12.5. The Hall–Kier alpha value is -2.15. The van der Waals surface area contributed by atoms with Gasteiger partial charge < -0.3 is 15.0 Å². The number of nitrogens with one attached hydrogen (secondary N) is 1. The predicted molar refractivity (Wildman–Crippen MR) is 103 cm³/mol. The summed E-state index contributed by atoms with van der Waals surface area (Å²) in [6, 6.07) is 0.891. The molecule has 0 aromatic carbocycles. The third kappa shape index (κ3) is 3.53. The minimum Gasteiger partial charge on any atom is -0.462 e. The summed E-state index contributed by atoms with van der Waals surface area (Å²) in [7, 11) is 1.87. The molecule has 142 valence electrons. The number of rotatable bonds is 5. The van der Waals surface area contributed by atoms with Crippen LogP contribution in [0.4, 0.5) is 5.69 Å². The predicted octanol–water partition coefficient (Wildman–Crippen LogP) is 2.74. The van der Waals surface area contributed by atoms with E-state index in [1.807, 2.05) is 20.9 Å². The number of pyridine rings is 1. The van der Waals surface area contributed by atoms with Crippen molar-refractivity contribution in [1.82, 2.24) is 19.7 Å². The van der Waals surface area contributed by atoms with Crippen LogP contribution in [0.2, 0.25) is 0 Å². The lowest BCUT2D eigenvalue weighted by Gasteiger charge is -2.35. The average Bonchev–Trinajstić information content (AvgIpc) is 2.90. The van der Waals surface area contributed by atoms with Crippen LogP contribution in [0.25, 0.3) is 11.0 Å². The number of fused-ring (bicyclic) bond motifs is 1. The first-order valence-electron chi connectivity index (χ1n) is 9.42. The number of esters is 1. The Morgan fingerprint density at radius 3 is 2.69 bits per heavy atom. The standard InChI is InChI=1S/C19H29N5O2/c1-6-26-19(25)15-11-20-18-16(13(4)22-23(18)5)17(15)21-14-7-9-24(10-8-14)12(2)3/h11-12,14H,6-10H2,1-5H3,(H,20,21). The fourth-order valence-corrected chi connectivity index (χ4v) is 3.69. The highest BCUT2D eigenvalue weighted by Crippen LogP contribution is 2.31. The van der Waals surface area contributed by atoms with Crippen molar-refractivity contribution < 1.29 is 9.53 Å². The van der Waals surface area contributed by atoms with Crippen LogP contribution in [0.3, 0.4) is 0 Å². The monoisotopic (exact) mass is 359 g/mol. The summed E-state index contributed by atoms with van der Waals surface area (Å²) in [4.78, 5) is 19.4. The van der Waals surface area contributed by atoms with Gasteiger partial charge in [0.2, 0.25) is 0 Å². The van der Waals surface area contributed by atoms with Crippen molar-refractivity contribution in [2.75, 3.05) is 25.0 Å². The van der Waals surface area contributed by atoms with Crippen molar-refractivity contribution in [3.8, 4) is 0 Å². The highest BCUT2D eigenvalue weighted by Gasteiger charge is 2.25. The van der Waals surface area contributed by atoms with Gasteiger partial charge in [0, 0.05) is 38.4 Å². The number of anilines is 1. The van der Waals surface area contributed by atoms with Gasteiger partial charge in [-0.3, -0.25) is 4.68 Å². The van der Waals surface area contributed by atoms with E-state index in [0.29, 0.717) is 24.3 Å². The molecule has 7 heteroatoms. The smallest absolute Gasteiger partial charge is 0.341 e. The minimum atomic E-state index is -0.340. The van der Waals surface area contributed by atoms with Gasteiger partial charge >= 0.3 is 5.97 Å². The number of piperidine rings is 1. The second kappa shape index (κ2) is 7.61. The van der Waals surface area contributed by atoms with Crippen molar-refractivity contribution in [3.63, 3.8) is 0 Å². The van der Waals surface area contributed by atoms with Crippen LogP contribution in [0.1, 0.15) is 49.7 Å². The fraction of sp³-hybridized carbons (Fsp3) is 0.632. The molecule has 7 nitrogen and oxygen atoms in total. The van der Waals surface area contributed by atoms with Gasteiger partial charge in [-0.05, 0) is 40.5 Å². The third-order valence-electron chi connectivity index (χ3n) is 5.13. The van der Waals surface area contributed by atoms with Gasteiger partial charge in [-0.1, -0.05) is 0 Å². The van der Waals surface area contributed by atoms with Crippen molar-refractivity contribution in [1.29, 1.82) is 0 Å². The molecule has 0 bridgehead atoms. The summed E-state index contributed by atoms with van der Waals surface area (Å²) in [5, 5.41) is 9.01. The van der Waals surface area contributed by atoms with Gasteiger partial charge in [0.25, 0.3) is 0 Å². The molecule has 1 aliphatic rings. The molecule has 3 heterocycles. The van der Waals surface area contributed by atoms with E-state index in [1.165, 1.54) is 0 Å². The molecule has 0 saturated carbocycles. The zero-order valence-corrected chi connectivity index (χ0v) is 16.4. The summed E-state index contributed by atoms with van der Waals surface area (Å²) in [6.07, 6.45) is 3.69. The van der Waals surface area contributed by atoms with Gasteiger partial charge in [0.1, 0.15) is 5.56 Å². The van der Waals surface area contributed by atoms with E-state index in [1.54, 1.807) is 10.9 Å². The van der Waals surface area contributed by atoms with Gasteiger partial charge in [-0.15, -0.1) is 0 Å². The molecular formula is C19H29N5O2. The normalized spacial score (nSPS) is 16.4. The van der Waals surface area contributed by atoms with E-state index in [2.05, 4.69) is 34.1 Å². The van der Waals surface area contributed by atoms with E-state index in [9.17, 15) is 4.79 Å². The van der Waals surface area contributed by atoms with E-state index < -0.39 is 0 Å². The summed E-state index contributed by atoms with van der Waals surface area (Å²) >= 11 is 0. The molecule has 0 amide bonds. The minimum absolute atomic E-state index is 0.323. The summed E-state index contributed by atoms with van der Waals surface area (Å²) < 4.78 is 7.00. The first kappa shape index (κ1) is 18.6. The van der Waals surface area contributed by atoms with Gasteiger partial charge in [-0.25, -0.2) is 9.78 Å². The van der Waals surface area contributed by atoms with Crippen LogP contribution in [-0.4, -0.2) is 57.4 Å². The maximum Gasteiger partial charge on any atom is 0.341 e. The van der Waals surface area contributed by atoms with E-state index in [4.69, 9.17) is 4.74 Å². The highest BCUT2D eigenvalue weighted by molar-refractivity contribution is 6.05. The first-order valence-corrected chi connectivity index (χ1v) is 9.42. The van der Waals surface area contributed by atoms with E-state index >= 15 is 0 Å². The Balaban J connectivity index is 1.94. The van der Waals surface area contributed by atoms with Crippen molar-refractivity contribution in [2.24, 2.45) is 7.05 Å². The highest BCUT2D eigenvalue weighted by atomic mass is 16.5. The molecular weight excluding hydrogens is 330 g/mol. The fourth-order valence-electron chi connectivity index (χ4n) is 3.69. The van der Waals surface area contributed by atoms with Crippen LogP contribution in [0.5, 0.6) is 0 Å². The van der Waals surface area contributed by atoms with Crippen LogP contribution in [0.15, 0.2) is 6.20 Å². The van der Waals surface area contributed by atoms with E-state index in [0.717, 1.165) is 48.3 Å². The number of nitrogens with zero attached hydrogens (tertiary/aromatic N) is 4. The molecule has 1 fully saturated rings. The largest absolute Gasteiger partial charge is 0.462 e. The van der Waals surface area contributed by atoms with E-state index in [-0.39, 0.29) is 5.97 Å². The Kier molecular flexibility index (Phi) is 5.46. The number of aryl methyl sites for hydroxylation is 2. The van der Waals surface area contributed by atoms with Gasteiger partial charge in [0.15, 0.2) is 5.65 Å². The number of carbonyl (C=O) groups excluding carboxylic acids is 1. The summed E-state index contributed by atoms with van der Waals surface area (Å²) in [5.41, 5.74) is 2.93. The number of carbonyl (C=O) groups is 1. The van der Waals surface area contributed by atoms with Gasteiger partial charge in [-0.2, -0.15) is 5.10 Å². The SMILES string of the molecule is CCOC(=O)c1cnc2c(c(C)nn2C)c1NC1CCN(C(C)C)CC1. The quantitative estimate of drug-likeness (QED) is 0.828. The summed E-state index contributed by atoms with van der Waals surface area (Å²) in [5.74, 6) is -0.340. The second-order valence-electron chi connectivity index (χ2n) is 7.22. The molecule has 1 N–H and O–H groups in total. The zero-order valence-electron chi connectivity index (χ0n) is 16.4. The lowest BCUT2D eigenvalue weighted by Crippen LogP contribution is -2.42. The molecule has 1 saturated heterocycles. The Labute approximate surface area is 154 Å². The Bertz CT molecular complexity index is 791. The molecule has 0 atom stereocenters. The molecule has 26 heavy (non-hydrogen) atoms. The third-order valence-corrected chi connectivity index (χ3v) is 5.13. The van der Waals surface area contributed by atoms with Crippen molar-refractivity contribution >= 4 is 22.7 Å². The molecule has 3 rings (SSSR count). The number of hydrogen-bond acceptors (Lipinski definition) is 6. The van der Waals surface area contributed by atoms with Crippen LogP contribution in [0, 0.1) is 6.92 Å². The molecule has 2 aromatic rings. The average molecular weight is 359 g/mol. The van der Waals surface area contributed by atoms with Crippen molar-refractivity contribution in [2.45, 2.75) is 52.6 Å². The molecule has 0 spiro atoms. The number of hydrogen-bond donors (Lipinski definition) is 1. The van der Waals surface area contributed by atoms with Crippen molar-refractivity contribution in [3.05, 3.63) is 17.5 Å². The van der Waals surface area contributed by atoms with Crippen LogP contribution in [-0.2, 0) is 11.8 Å². The lowest BCUT2D eigenvalue weighted by atomic mass is 10.0. The zero-order chi connectivity index (χ0) is 18.8. The maximum atomic E-state index is 12.5. The number of ether oxygens (including phenoxy) is 1. The summed E-state index contributed by atoms with van der Waals surface area (Å²) in [6.45, 7) is 10.7. The van der Waals surface area contributed by atoms with Crippen LogP contribution >= 0.6 is 0 Å². The molecule has 1 aliphatic heterocycles. The first-order chi connectivity index (χ1) is 12.4. The lowest BCUT2D eigenvalue weighted by molar-refractivity contribution is 0.0527. The molecule has 2 aromatic heterocycles. The molecule has 0 unspecified atom stereocenters. The second-order valence-corrected chi connectivity index (χ2v) is 7.22. The number of aromatic nitrogens is 3. The topological polar surface area (TPSA) is 72.3 Å². The Morgan fingerprint density at radius 2 is 2.08 bits per heavy atom. The molecule has 0 aliphatic carbocycles. The molecule has 0 radical (unpaired) electrons. The van der Waals surface area contributed by atoms with Crippen LogP contribution < -0.4 is 5.32 Å². The van der Waals surface area contributed by atoms with Gasteiger partial charge in [0.05, 0.1) is 23.4 Å².